The van der Waals surface area contributed by atoms with Crippen LogP contribution in [-0.2, 0) is 11.3 Å². The number of imidazole rings is 1. The third-order valence-corrected chi connectivity index (χ3v) is 5.25. The summed E-state index contributed by atoms with van der Waals surface area (Å²) < 4.78 is 8.12. The number of ether oxygens (including phenoxy) is 1. The highest BCUT2D eigenvalue weighted by atomic mass is 16.5. The fourth-order valence-electron chi connectivity index (χ4n) is 3.48. The summed E-state index contributed by atoms with van der Waals surface area (Å²) in [6.45, 7) is 6.11. The largest absolute Gasteiger partial charge is 0.376 e. The molecule has 1 atom stereocenters. The van der Waals surface area contributed by atoms with Crippen molar-refractivity contribution in [1.82, 2.24) is 9.55 Å². The number of aromatic nitrogens is 2. The highest BCUT2D eigenvalue weighted by molar-refractivity contribution is 5.67. The third kappa shape index (κ3) is 3.80. The lowest BCUT2D eigenvalue weighted by Gasteiger charge is -2.23. The van der Waals surface area contributed by atoms with Crippen molar-refractivity contribution in [3.63, 3.8) is 0 Å². The predicted molar refractivity (Wildman–Crippen MR) is 100 cm³/mol. The van der Waals surface area contributed by atoms with Gasteiger partial charge in [-0.15, -0.1) is 0 Å². The highest BCUT2D eigenvalue weighted by Gasteiger charge is 2.19. The number of hydrogen-bond acceptors (Lipinski definition) is 2. The molecule has 0 N–H and O–H groups in total. The van der Waals surface area contributed by atoms with Crippen LogP contribution in [0.2, 0.25) is 0 Å². The number of nitrogens with zero attached hydrogens (tertiary/aromatic N) is 2. The van der Waals surface area contributed by atoms with Crippen molar-refractivity contribution in [3.8, 4) is 23.1 Å². The monoisotopic (exact) mass is 334 g/mol. The summed E-state index contributed by atoms with van der Waals surface area (Å²) in [5.41, 5.74) is 5.85. The lowest BCUT2D eigenvalue weighted by molar-refractivity contribution is 0.00569. The van der Waals surface area contributed by atoms with E-state index in [2.05, 4.69) is 48.5 Å². The molecule has 1 saturated carbocycles. The molecule has 0 amide bonds. The van der Waals surface area contributed by atoms with Crippen LogP contribution >= 0.6 is 0 Å². The summed E-state index contributed by atoms with van der Waals surface area (Å²) in [7, 11) is 0. The minimum atomic E-state index is 0.329. The van der Waals surface area contributed by atoms with E-state index in [1.807, 2.05) is 6.33 Å². The molecule has 4 rings (SSSR count). The Bertz CT molecular complexity index is 814. The van der Waals surface area contributed by atoms with Gasteiger partial charge in [0.15, 0.2) is 0 Å². The average molecular weight is 334 g/mol. The van der Waals surface area contributed by atoms with Crippen molar-refractivity contribution < 1.29 is 4.74 Å². The Morgan fingerprint density at radius 2 is 2.08 bits per heavy atom. The van der Waals surface area contributed by atoms with Crippen LogP contribution in [0.5, 0.6) is 0 Å². The molecule has 2 aliphatic rings. The van der Waals surface area contributed by atoms with Gasteiger partial charge in [-0.2, -0.15) is 0 Å². The van der Waals surface area contributed by atoms with Crippen LogP contribution in [0.15, 0.2) is 24.5 Å². The molecule has 3 nitrogen and oxygen atoms in total. The maximum atomic E-state index is 5.88. The molecule has 0 radical (unpaired) electrons. The van der Waals surface area contributed by atoms with Gasteiger partial charge in [-0.05, 0) is 63.6 Å². The average Bonchev–Trinajstić information content (AvgIpc) is 3.39. The summed E-state index contributed by atoms with van der Waals surface area (Å²) in [6, 6.07) is 6.48. The van der Waals surface area contributed by atoms with Gasteiger partial charge in [-0.25, -0.2) is 4.98 Å². The van der Waals surface area contributed by atoms with Crippen LogP contribution in [0.25, 0.3) is 11.3 Å². The summed E-state index contributed by atoms with van der Waals surface area (Å²) in [5, 5.41) is 0. The number of aryl methyl sites for hydroxylation is 1. The first-order valence-corrected chi connectivity index (χ1v) is 9.46. The lowest BCUT2D eigenvalue weighted by Crippen LogP contribution is -2.24. The SMILES string of the molecule is Cc1cc(C#CC2CC2)ccc1-c1ncn(C[C@H]2CCCCO2)c1C. The van der Waals surface area contributed by atoms with Crippen LogP contribution in [0.3, 0.4) is 0 Å². The van der Waals surface area contributed by atoms with Gasteiger partial charge >= 0.3 is 0 Å². The second kappa shape index (κ2) is 7.06. The van der Waals surface area contributed by atoms with E-state index in [9.17, 15) is 0 Å². The van der Waals surface area contributed by atoms with Crippen molar-refractivity contribution in [2.45, 2.75) is 58.6 Å². The zero-order valence-corrected chi connectivity index (χ0v) is 15.2. The molecule has 0 spiro atoms. The molecule has 1 aromatic heterocycles. The summed E-state index contributed by atoms with van der Waals surface area (Å²) in [5.74, 6) is 7.28. The zero-order valence-electron chi connectivity index (χ0n) is 15.2. The van der Waals surface area contributed by atoms with Gasteiger partial charge < -0.3 is 9.30 Å². The van der Waals surface area contributed by atoms with Crippen molar-refractivity contribution >= 4 is 0 Å². The Kier molecular flexibility index (Phi) is 4.63. The van der Waals surface area contributed by atoms with Crippen molar-refractivity contribution in [2.24, 2.45) is 5.92 Å². The maximum Gasteiger partial charge on any atom is 0.0956 e. The van der Waals surface area contributed by atoms with Crippen LogP contribution in [-0.4, -0.2) is 22.3 Å². The van der Waals surface area contributed by atoms with Crippen LogP contribution in [0.1, 0.15) is 48.9 Å². The standard InChI is InChI=1S/C22H26N2O/c1-16-13-19(9-8-18-6-7-18)10-11-21(16)22-17(2)24(15-23-22)14-20-5-3-4-12-25-20/h10-11,13,15,18,20H,3-7,12,14H2,1-2H3/t20-/m1/s1. The fraction of sp³-hybridized carbons (Fsp3) is 0.500. The van der Waals surface area contributed by atoms with Crippen LogP contribution in [0.4, 0.5) is 0 Å². The Hall–Kier alpha value is -2.05. The molecule has 130 valence electrons. The summed E-state index contributed by atoms with van der Waals surface area (Å²) in [6.07, 6.45) is 8.45. The van der Waals surface area contributed by atoms with E-state index in [0.29, 0.717) is 12.0 Å². The third-order valence-electron chi connectivity index (χ3n) is 5.25. The second-order valence-electron chi connectivity index (χ2n) is 7.39. The topological polar surface area (TPSA) is 27.1 Å². The second-order valence-corrected chi connectivity index (χ2v) is 7.39. The molecule has 1 saturated heterocycles. The molecule has 25 heavy (non-hydrogen) atoms. The van der Waals surface area contributed by atoms with Gasteiger partial charge in [0.1, 0.15) is 0 Å². The van der Waals surface area contributed by atoms with E-state index < -0.39 is 0 Å². The van der Waals surface area contributed by atoms with Crippen LogP contribution < -0.4 is 0 Å². The zero-order chi connectivity index (χ0) is 17.2. The lowest BCUT2D eigenvalue weighted by atomic mass is 10.0. The molecule has 2 aromatic rings. The van der Waals surface area contributed by atoms with Crippen LogP contribution in [0, 0.1) is 31.6 Å². The van der Waals surface area contributed by atoms with E-state index in [4.69, 9.17) is 9.72 Å². The van der Waals surface area contributed by atoms with E-state index in [-0.39, 0.29) is 0 Å². The molecule has 1 aliphatic heterocycles. The molecular weight excluding hydrogens is 308 g/mol. The minimum Gasteiger partial charge on any atom is -0.376 e. The number of rotatable bonds is 3. The van der Waals surface area contributed by atoms with E-state index in [0.717, 1.165) is 30.8 Å². The number of hydrogen-bond donors (Lipinski definition) is 0. The normalized spacial score (nSPS) is 20.2. The first kappa shape index (κ1) is 16.4. The predicted octanol–water partition coefficient (Wildman–Crippen LogP) is 4.50. The van der Waals surface area contributed by atoms with E-state index >= 15 is 0 Å². The Labute approximate surface area is 150 Å². The Morgan fingerprint density at radius 1 is 1.20 bits per heavy atom. The fourth-order valence-corrected chi connectivity index (χ4v) is 3.48. The first-order valence-electron chi connectivity index (χ1n) is 9.46. The molecular formula is C22H26N2O. The molecule has 0 unspecified atom stereocenters. The first-order chi connectivity index (χ1) is 12.2. The Morgan fingerprint density at radius 3 is 2.80 bits per heavy atom. The number of benzene rings is 1. The van der Waals surface area contributed by atoms with Gasteiger partial charge in [0.25, 0.3) is 0 Å². The molecule has 1 aliphatic carbocycles. The molecule has 2 heterocycles. The van der Waals surface area contributed by atoms with Gasteiger partial charge in [0, 0.05) is 29.3 Å². The Balaban J connectivity index is 1.54. The van der Waals surface area contributed by atoms with Gasteiger partial charge in [-0.3, -0.25) is 0 Å². The molecule has 1 aromatic carbocycles. The summed E-state index contributed by atoms with van der Waals surface area (Å²) >= 11 is 0. The van der Waals surface area contributed by atoms with E-state index in [1.165, 1.54) is 42.5 Å². The maximum absolute atomic E-state index is 5.88. The summed E-state index contributed by atoms with van der Waals surface area (Å²) in [4.78, 5) is 4.70. The molecule has 3 heteroatoms. The van der Waals surface area contributed by atoms with Crippen molar-refractivity contribution in [2.75, 3.05) is 6.61 Å². The van der Waals surface area contributed by atoms with E-state index in [1.54, 1.807) is 0 Å². The quantitative estimate of drug-likeness (QED) is 0.773. The molecule has 2 fully saturated rings. The van der Waals surface area contributed by atoms with Gasteiger partial charge in [0.05, 0.1) is 24.7 Å². The minimum absolute atomic E-state index is 0.329. The highest BCUT2D eigenvalue weighted by Crippen LogP contribution is 2.29. The van der Waals surface area contributed by atoms with Gasteiger partial charge in [-0.1, -0.05) is 17.9 Å². The van der Waals surface area contributed by atoms with Crippen molar-refractivity contribution in [3.05, 3.63) is 41.3 Å². The van der Waals surface area contributed by atoms with Crippen molar-refractivity contribution in [1.29, 1.82) is 0 Å². The smallest absolute Gasteiger partial charge is 0.0956 e. The molecule has 0 bridgehead atoms. The van der Waals surface area contributed by atoms with Gasteiger partial charge in [0.2, 0.25) is 0 Å².